The number of nitrogens with zero attached hydrogens (tertiary/aromatic N) is 2. The third-order valence-electron chi connectivity index (χ3n) is 4.92. The Balaban J connectivity index is 1.74. The number of fused-ring (bicyclic) bond motifs is 2. The molecule has 2 aliphatic rings. The first-order valence-corrected chi connectivity index (χ1v) is 7.09. The van der Waals surface area contributed by atoms with Crippen LogP contribution < -0.4 is 11.1 Å². The largest absolute Gasteiger partial charge is 0.384 e. The van der Waals surface area contributed by atoms with Crippen LogP contribution in [-0.2, 0) is 6.54 Å². The lowest BCUT2D eigenvalue weighted by Gasteiger charge is -2.43. The van der Waals surface area contributed by atoms with Crippen molar-refractivity contribution in [3.63, 3.8) is 0 Å². The quantitative estimate of drug-likeness (QED) is 0.848. The van der Waals surface area contributed by atoms with Crippen LogP contribution in [0.1, 0.15) is 32.8 Å². The molecule has 19 heavy (non-hydrogen) atoms. The molecule has 0 amide bonds. The summed E-state index contributed by atoms with van der Waals surface area (Å²) < 4.78 is 0. The predicted octanol–water partition coefficient (Wildman–Crippen LogP) is 1.63. The van der Waals surface area contributed by atoms with Gasteiger partial charge in [-0.2, -0.15) is 0 Å². The molecule has 0 radical (unpaired) electrons. The zero-order valence-electron chi connectivity index (χ0n) is 12.1. The van der Waals surface area contributed by atoms with Crippen LogP contribution in [0.4, 0.5) is 5.82 Å². The molecule has 2 bridgehead atoms. The minimum atomic E-state index is 0.277. The van der Waals surface area contributed by atoms with Gasteiger partial charge in [0.05, 0.1) is 0 Å². The molecule has 4 heteroatoms. The maximum Gasteiger partial charge on any atom is 0.123 e. The smallest absolute Gasteiger partial charge is 0.123 e. The van der Waals surface area contributed by atoms with Gasteiger partial charge in [-0.15, -0.1) is 0 Å². The third-order valence-corrected chi connectivity index (χ3v) is 4.92. The highest BCUT2D eigenvalue weighted by atomic mass is 15.3. The fraction of sp³-hybridized carbons (Fsp3) is 0.667. The van der Waals surface area contributed by atoms with Crippen molar-refractivity contribution in [1.29, 1.82) is 0 Å². The fourth-order valence-corrected chi connectivity index (χ4v) is 3.47. The number of nitrogens with one attached hydrogen (secondary N) is 1. The first-order valence-electron chi connectivity index (χ1n) is 7.09. The summed E-state index contributed by atoms with van der Waals surface area (Å²) in [5, 5.41) is 3.76. The van der Waals surface area contributed by atoms with Gasteiger partial charge in [0.15, 0.2) is 0 Å². The number of aromatic nitrogens is 1. The van der Waals surface area contributed by atoms with Gasteiger partial charge in [0.25, 0.3) is 0 Å². The Morgan fingerprint density at radius 1 is 1.47 bits per heavy atom. The molecule has 0 aliphatic carbocycles. The summed E-state index contributed by atoms with van der Waals surface area (Å²) in [6.45, 7) is 10.3. The Hall–Kier alpha value is -1.13. The van der Waals surface area contributed by atoms with E-state index in [9.17, 15) is 0 Å². The monoisotopic (exact) mass is 260 g/mol. The summed E-state index contributed by atoms with van der Waals surface area (Å²) in [6.07, 6.45) is 3.16. The Morgan fingerprint density at radius 2 is 2.26 bits per heavy atom. The highest BCUT2D eigenvalue weighted by molar-refractivity contribution is 5.29. The Bertz CT molecular complexity index is 462. The summed E-state index contributed by atoms with van der Waals surface area (Å²) in [5.41, 5.74) is 7.47. The van der Waals surface area contributed by atoms with Gasteiger partial charge in [-0.1, -0.05) is 26.8 Å². The number of likely N-dealkylation sites (tertiary alicyclic amines) is 1. The molecule has 2 atom stereocenters. The molecule has 3 heterocycles. The van der Waals surface area contributed by atoms with Crippen molar-refractivity contribution in [2.24, 2.45) is 5.41 Å². The van der Waals surface area contributed by atoms with Crippen molar-refractivity contribution < 1.29 is 0 Å². The number of hydrogen-bond donors (Lipinski definition) is 2. The minimum Gasteiger partial charge on any atom is -0.384 e. The van der Waals surface area contributed by atoms with Crippen LogP contribution in [-0.4, -0.2) is 34.6 Å². The number of rotatable bonds is 2. The molecule has 1 aromatic heterocycles. The lowest BCUT2D eigenvalue weighted by Crippen LogP contribution is -2.57. The molecule has 0 aromatic carbocycles. The molecule has 1 aromatic rings. The van der Waals surface area contributed by atoms with E-state index in [2.05, 4.69) is 42.0 Å². The molecule has 3 N–H and O–H groups in total. The summed E-state index contributed by atoms with van der Waals surface area (Å²) in [4.78, 5) is 6.78. The first kappa shape index (κ1) is 12.9. The standard InChI is InChI=1S/C15H24N4/c1-14(2,3)15-6-12(8-18-15)19(10-15)9-11-4-5-13(16)17-7-11/h4-5,7,12,18H,6,8-10H2,1-3H3,(H2,16,17)/t12-,15+/m0/s1. The van der Waals surface area contributed by atoms with Gasteiger partial charge < -0.3 is 11.1 Å². The SMILES string of the molecule is CC(C)(C)[C@]12C[C@@H](CN1)N(Cc1ccc(N)nc1)C2. The Morgan fingerprint density at radius 3 is 2.84 bits per heavy atom. The zero-order chi connectivity index (χ0) is 13.7. The summed E-state index contributed by atoms with van der Waals surface area (Å²) in [5.74, 6) is 0.597. The molecular weight excluding hydrogens is 236 g/mol. The summed E-state index contributed by atoms with van der Waals surface area (Å²) in [7, 11) is 0. The van der Waals surface area contributed by atoms with Crippen LogP contribution in [0.2, 0.25) is 0 Å². The molecule has 2 aliphatic heterocycles. The predicted molar refractivity (Wildman–Crippen MR) is 77.7 cm³/mol. The van der Waals surface area contributed by atoms with Crippen molar-refractivity contribution in [2.45, 2.75) is 45.3 Å². The van der Waals surface area contributed by atoms with Crippen LogP contribution in [0.5, 0.6) is 0 Å². The molecule has 2 saturated heterocycles. The van der Waals surface area contributed by atoms with Crippen LogP contribution in [0.3, 0.4) is 0 Å². The van der Waals surface area contributed by atoms with Crippen LogP contribution in [0, 0.1) is 5.41 Å². The van der Waals surface area contributed by atoms with Gasteiger partial charge in [-0.05, 0) is 23.5 Å². The van der Waals surface area contributed by atoms with Crippen molar-refractivity contribution >= 4 is 5.82 Å². The lowest BCUT2D eigenvalue weighted by atomic mass is 9.74. The van der Waals surface area contributed by atoms with Gasteiger partial charge >= 0.3 is 0 Å². The molecular formula is C15H24N4. The normalized spacial score (nSPS) is 31.0. The van der Waals surface area contributed by atoms with Crippen molar-refractivity contribution in [3.8, 4) is 0 Å². The van der Waals surface area contributed by atoms with E-state index in [0.717, 1.165) is 19.6 Å². The Kier molecular flexibility index (Phi) is 2.84. The van der Waals surface area contributed by atoms with E-state index in [1.54, 1.807) is 0 Å². The summed E-state index contributed by atoms with van der Waals surface area (Å²) >= 11 is 0. The minimum absolute atomic E-state index is 0.277. The maximum absolute atomic E-state index is 5.64. The van der Waals surface area contributed by atoms with Crippen LogP contribution in [0.25, 0.3) is 0 Å². The van der Waals surface area contributed by atoms with Crippen molar-refractivity contribution in [1.82, 2.24) is 15.2 Å². The van der Waals surface area contributed by atoms with E-state index in [4.69, 9.17) is 5.73 Å². The number of nitrogen functional groups attached to an aromatic ring is 1. The van der Waals surface area contributed by atoms with Gasteiger partial charge in [0.1, 0.15) is 5.82 Å². The number of nitrogens with two attached hydrogens (primary N) is 1. The average Bonchev–Trinajstić information content (AvgIpc) is 2.90. The molecule has 104 valence electrons. The van der Waals surface area contributed by atoms with E-state index >= 15 is 0 Å². The van der Waals surface area contributed by atoms with E-state index in [1.165, 1.54) is 12.0 Å². The van der Waals surface area contributed by atoms with E-state index in [0.29, 0.717) is 17.3 Å². The van der Waals surface area contributed by atoms with Gasteiger partial charge in [0, 0.05) is 37.4 Å². The highest BCUT2D eigenvalue weighted by Gasteiger charge is 2.54. The topological polar surface area (TPSA) is 54.2 Å². The van der Waals surface area contributed by atoms with Gasteiger partial charge in [-0.3, -0.25) is 4.90 Å². The molecule has 0 saturated carbocycles. The van der Waals surface area contributed by atoms with Crippen LogP contribution >= 0.6 is 0 Å². The molecule has 4 nitrogen and oxygen atoms in total. The summed E-state index contributed by atoms with van der Waals surface area (Å²) in [6, 6.07) is 4.64. The molecule has 0 spiro atoms. The molecule has 3 rings (SSSR count). The second-order valence-electron chi connectivity index (χ2n) is 7.07. The second-order valence-corrected chi connectivity index (χ2v) is 7.07. The highest BCUT2D eigenvalue weighted by Crippen LogP contribution is 2.44. The lowest BCUT2D eigenvalue weighted by molar-refractivity contribution is 0.116. The first-order chi connectivity index (χ1) is 8.90. The second kappa shape index (κ2) is 4.18. The Labute approximate surface area is 115 Å². The number of anilines is 1. The number of piperazine rings is 1. The molecule has 2 fully saturated rings. The van der Waals surface area contributed by atoms with E-state index < -0.39 is 0 Å². The zero-order valence-corrected chi connectivity index (χ0v) is 12.1. The van der Waals surface area contributed by atoms with E-state index in [1.807, 2.05) is 12.3 Å². The van der Waals surface area contributed by atoms with Crippen molar-refractivity contribution in [3.05, 3.63) is 23.9 Å². The van der Waals surface area contributed by atoms with E-state index in [-0.39, 0.29) is 5.54 Å². The maximum atomic E-state index is 5.64. The number of pyridine rings is 1. The van der Waals surface area contributed by atoms with Gasteiger partial charge in [0.2, 0.25) is 0 Å². The van der Waals surface area contributed by atoms with Gasteiger partial charge in [-0.25, -0.2) is 4.98 Å². The number of hydrogen-bond acceptors (Lipinski definition) is 4. The molecule has 0 unspecified atom stereocenters. The fourth-order valence-electron chi connectivity index (χ4n) is 3.47. The average molecular weight is 260 g/mol. The van der Waals surface area contributed by atoms with Crippen molar-refractivity contribution in [2.75, 3.05) is 18.8 Å². The third kappa shape index (κ3) is 2.13. The van der Waals surface area contributed by atoms with Crippen LogP contribution in [0.15, 0.2) is 18.3 Å².